The van der Waals surface area contributed by atoms with Gasteiger partial charge in [-0.05, 0) is 98.7 Å². The number of carbonyl (C=O) groups is 1. The fraction of sp³-hybridized carbons (Fsp3) is 0.250. The second-order valence-electron chi connectivity index (χ2n) is 8.52. The topological polar surface area (TPSA) is 97.3 Å². The third-order valence-electron chi connectivity index (χ3n) is 5.75. The Labute approximate surface area is 204 Å². The van der Waals surface area contributed by atoms with Crippen molar-refractivity contribution in [2.75, 3.05) is 20.6 Å². The number of rotatable bonds is 9. The average molecular weight is 472 g/mol. The van der Waals surface area contributed by atoms with E-state index in [0.29, 0.717) is 40.7 Å². The van der Waals surface area contributed by atoms with Crippen LogP contribution in [0.1, 0.15) is 51.0 Å². The number of esters is 1. The van der Waals surface area contributed by atoms with Crippen LogP contribution in [0.25, 0.3) is 0 Å². The molecule has 0 fully saturated rings. The first kappa shape index (κ1) is 25.6. The second-order valence-corrected chi connectivity index (χ2v) is 8.52. The number of carbonyl (C=O) groups excluding carboxylic acids is 1. The number of nitrogens with zero attached hydrogens (tertiary/aromatic N) is 3. The number of aliphatic hydroxyl groups is 1. The summed E-state index contributed by atoms with van der Waals surface area (Å²) in [6.45, 7) is 0.545. The molecule has 0 saturated heterocycles. The number of benzene rings is 3. The van der Waals surface area contributed by atoms with Crippen LogP contribution in [0.2, 0.25) is 0 Å². The van der Waals surface area contributed by atoms with Crippen molar-refractivity contribution < 1.29 is 19.0 Å². The lowest BCUT2D eigenvalue weighted by Gasteiger charge is -2.32. The van der Waals surface area contributed by atoms with Gasteiger partial charge in [0.25, 0.3) is 0 Å². The van der Waals surface area contributed by atoms with E-state index in [4.69, 9.17) is 10.00 Å². The Morgan fingerprint density at radius 1 is 1.00 bits per heavy atom. The lowest BCUT2D eigenvalue weighted by Crippen LogP contribution is -2.30. The van der Waals surface area contributed by atoms with Gasteiger partial charge in [0.1, 0.15) is 18.0 Å². The molecular formula is C28H26FN3O3. The van der Waals surface area contributed by atoms with Crippen LogP contribution in [-0.2, 0) is 16.9 Å². The van der Waals surface area contributed by atoms with E-state index >= 15 is 0 Å². The lowest BCUT2D eigenvalue weighted by atomic mass is 9.80. The van der Waals surface area contributed by atoms with Crippen molar-refractivity contribution in [3.63, 3.8) is 0 Å². The molecule has 3 rings (SSSR count). The van der Waals surface area contributed by atoms with Crippen molar-refractivity contribution in [1.29, 1.82) is 10.5 Å². The molecule has 3 aromatic carbocycles. The van der Waals surface area contributed by atoms with E-state index in [0.717, 1.165) is 6.54 Å². The highest BCUT2D eigenvalue weighted by molar-refractivity contribution is 5.89. The molecule has 0 spiro atoms. The van der Waals surface area contributed by atoms with Crippen LogP contribution in [0.15, 0.2) is 66.7 Å². The predicted molar refractivity (Wildman–Crippen MR) is 129 cm³/mol. The fourth-order valence-corrected chi connectivity index (χ4v) is 3.90. The molecule has 0 aliphatic heterocycles. The van der Waals surface area contributed by atoms with Crippen molar-refractivity contribution in [3.8, 4) is 12.1 Å². The van der Waals surface area contributed by atoms with E-state index in [2.05, 4.69) is 6.07 Å². The molecule has 0 heterocycles. The minimum atomic E-state index is -1.49. The molecule has 6 nitrogen and oxygen atoms in total. The van der Waals surface area contributed by atoms with E-state index in [9.17, 15) is 19.6 Å². The first-order valence-corrected chi connectivity index (χ1v) is 11.1. The highest BCUT2D eigenvalue weighted by Crippen LogP contribution is 2.37. The molecule has 3 aromatic rings. The summed E-state index contributed by atoms with van der Waals surface area (Å²) in [4.78, 5) is 14.6. The van der Waals surface area contributed by atoms with Gasteiger partial charge in [-0.1, -0.05) is 18.2 Å². The molecule has 0 radical (unpaired) electrons. The zero-order chi connectivity index (χ0) is 25.4. The fourth-order valence-electron chi connectivity index (χ4n) is 3.90. The van der Waals surface area contributed by atoms with Crippen LogP contribution < -0.4 is 0 Å². The van der Waals surface area contributed by atoms with E-state index in [1.54, 1.807) is 18.2 Å². The van der Waals surface area contributed by atoms with Crippen molar-refractivity contribution in [2.45, 2.75) is 25.0 Å². The highest BCUT2D eigenvalue weighted by atomic mass is 19.1. The second kappa shape index (κ2) is 11.4. The molecule has 0 unspecified atom stereocenters. The van der Waals surface area contributed by atoms with Gasteiger partial charge in [0, 0.05) is 0 Å². The van der Waals surface area contributed by atoms with Crippen molar-refractivity contribution >= 4 is 5.97 Å². The number of hydrogen-bond donors (Lipinski definition) is 1. The summed E-state index contributed by atoms with van der Waals surface area (Å²) >= 11 is 0. The van der Waals surface area contributed by atoms with Crippen LogP contribution in [-0.4, -0.2) is 36.6 Å². The monoisotopic (exact) mass is 471 g/mol. The van der Waals surface area contributed by atoms with Gasteiger partial charge in [-0.2, -0.15) is 10.5 Å². The first-order chi connectivity index (χ1) is 16.8. The Morgan fingerprint density at radius 2 is 1.63 bits per heavy atom. The van der Waals surface area contributed by atoms with Crippen molar-refractivity contribution in [1.82, 2.24) is 4.90 Å². The lowest BCUT2D eigenvalue weighted by molar-refractivity contribution is 0.0437. The van der Waals surface area contributed by atoms with E-state index < -0.39 is 17.4 Å². The molecule has 0 aliphatic carbocycles. The van der Waals surface area contributed by atoms with Crippen LogP contribution in [0.5, 0.6) is 0 Å². The van der Waals surface area contributed by atoms with Gasteiger partial charge in [-0.25, -0.2) is 9.18 Å². The maximum atomic E-state index is 13.6. The standard InChI is InChI=1S/C28H26FN3O3/c1-32(2)15-3-14-28(34,24-9-11-25(29)12-10-24)26-13-6-21(18-31)16-23(26)19-35-27(33)22-7-4-20(17-30)5-8-22/h4-13,16,34H,3,14-15,19H2,1-2H3/t28-/m0/s1. The van der Waals surface area contributed by atoms with Crippen LogP contribution in [0.3, 0.4) is 0 Å². The number of nitriles is 2. The normalized spacial score (nSPS) is 12.4. The van der Waals surface area contributed by atoms with Gasteiger partial charge < -0.3 is 14.7 Å². The summed E-state index contributed by atoms with van der Waals surface area (Å²) < 4.78 is 19.1. The molecule has 0 aromatic heterocycles. The van der Waals surface area contributed by atoms with Crippen molar-refractivity contribution in [2.24, 2.45) is 0 Å². The quantitative estimate of drug-likeness (QED) is 0.462. The Kier molecular flexibility index (Phi) is 8.33. The summed E-state index contributed by atoms with van der Waals surface area (Å²) in [6.07, 6.45) is 0.977. The summed E-state index contributed by atoms with van der Waals surface area (Å²) in [6, 6.07) is 20.6. The van der Waals surface area contributed by atoms with E-state index in [1.165, 1.54) is 48.5 Å². The van der Waals surface area contributed by atoms with Gasteiger partial charge in [0.2, 0.25) is 0 Å². The third kappa shape index (κ3) is 6.30. The molecule has 0 aliphatic rings. The summed E-state index contributed by atoms with van der Waals surface area (Å²) in [5, 5.41) is 30.3. The van der Waals surface area contributed by atoms with Crippen LogP contribution in [0, 0.1) is 28.5 Å². The molecule has 0 bridgehead atoms. The minimum absolute atomic E-state index is 0.180. The van der Waals surface area contributed by atoms with E-state index in [-0.39, 0.29) is 12.2 Å². The molecule has 1 atom stereocenters. The Bertz CT molecular complexity index is 1260. The smallest absolute Gasteiger partial charge is 0.338 e. The minimum Gasteiger partial charge on any atom is -0.457 e. The first-order valence-electron chi connectivity index (χ1n) is 11.1. The molecule has 7 heteroatoms. The largest absolute Gasteiger partial charge is 0.457 e. The SMILES string of the molecule is CN(C)CCC[C@](O)(c1ccc(F)cc1)c1ccc(C#N)cc1COC(=O)c1ccc(C#N)cc1. The van der Waals surface area contributed by atoms with Gasteiger partial charge in [-0.15, -0.1) is 0 Å². The third-order valence-corrected chi connectivity index (χ3v) is 5.75. The average Bonchev–Trinajstić information content (AvgIpc) is 2.87. The maximum absolute atomic E-state index is 13.6. The zero-order valence-corrected chi connectivity index (χ0v) is 19.7. The van der Waals surface area contributed by atoms with Gasteiger partial charge in [-0.3, -0.25) is 0 Å². The van der Waals surface area contributed by atoms with E-state index in [1.807, 2.05) is 25.1 Å². The Balaban J connectivity index is 1.97. The summed E-state index contributed by atoms with van der Waals surface area (Å²) in [7, 11) is 3.87. The molecule has 1 N–H and O–H groups in total. The molecule has 0 saturated carbocycles. The number of halogens is 1. The van der Waals surface area contributed by atoms with Gasteiger partial charge in [0.05, 0.1) is 28.8 Å². The molecule has 35 heavy (non-hydrogen) atoms. The highest BCUT2D eigenvalue weighted by Gasteiger charge is 2.34. The van der Waals surface area contributed by atoms with Crippen molar-refractivity contribution in [3.05, 3.63) is 106 Å². The molecule has 178 valence electrons. The summed E-state index contributed by atoms with van der Waals surface area (Å²) in [5.74, 6) is -1.01. The number of ether oxygens (including phenoxy) is 1. The van der Waals surface area contributed by atoms with Gasteiger partial charge >= 0.3 is 5.97 Å². The maximum Gasteiger partial charge on any atom is 0.338 e. The van der Waals surface area contributed by atoms with Gasteiger partial charge in [0.15, 0.2) is 0 Å². The Morgan fingerprint density at radius 3 is 2.23 bits per heavy atom. The Hall–Kier alpha value is -4.04. The van der Waals surface area contributed by atoms with Crippen LogP contribution in [0.4, 0.5) is 4.39 Å². The number of hydrogen-bond acceptors (Lipinski definition) is 6. The molecular weight excluding hydrogens is 445 g/mol. The summed E-state index contributed by atoms with van der Waals surface area (Å²) in [5.41, 5.74) is 1.02. The molecule has 0 amide bonds. The van der Waals surface area contributed by atoms with Crippen LogP contribution >= 0.6 is 0 Å². The zero-order valence-electron chi connectivity index (χ0n) is 19.7. The predicted octanol–water partition coefficient (Wildman–Crippen LogP) is 4.50.